The smallest absolute Gasteiger partial charge is 0.120 e. The number of aliphatic hydroxyl groups excluding tert-OH is 1. The van der Waals surface area contributed by atoms with Crippen molar-refractivity contribution < 1.29 is 9.84 Å². The van der Waals surface area contributed by atoms with Gasteiger partial charge in [-0.05, 0) is 73.2 Å². The molecule has 0 amide bonds. The lowest BCUT2D eigenvalue weighted by molar-refractivity contribution is 0.0816. The minimum atomic E-state index is -0.387. The molecule has 0 heterocycles. The van der Waals surface area contributed by atoms with E-state index in [-0.39, 0.29) is 6.10 Å². The average molecular weight is 402 g/mol. The van der Waals surface area contributed by atoms with E-state index in [9.17, 15) is 5.11 Å². The van der Waals surface area contributed by atoms with Gasteiger partial charge in [-0.2, -0.15) is 0 Å². The SMILES string of the molecule is CN(CC[C@@H]1CCc2cc(OCc3ccccc3)ccc2[C@H]1O)Cc1ccccc1. The molecular weight excluding hydrogens is 370 g/mol. The van der Waals surface area contributed by atoms with Gasteiger partial charge in [0.25, 0.3) is 0 Å². The molecule has 0 aliphatic heterocycles. The summed E-state index contributed by atoms with van der Waals surface area (Å²) in [5.41, 5.74) is 4.79. The fourth-order valence-electron chi connectivity index (χ4n) is 4.33. The molecule has 0 radical (unpaired) electrons. The van der Waals surface area contributed by atoms with Gasteiger partial charge in [-0.3, -0.25) is 0 Å². The first kappa shape index (κ1) is 20.6. The van der Waals surface area contributed by atoms with Gasteiger partial charge in [-0.25, -0.2) is 0 Å². The second kappa shape index (κ2) is 9.92. The maximum absolute atomic E-state index is 11.0. The second-order valence-electron chi connectivity index (χ2n) is 8.39. The zero-order chi connectivity index (χ0) is 20.8. The van der Waals surface area contributed by atoms with E-state index in [4.69, 9.17) is 4.74 Å². The zero-order valence-corrected chi connectivity index (χ0v) is 17.7. The van der Waals surface area contributed by atoms with Crippen molar-refractivity contribution in [1.29, 1.82) is 0 Å². The lowest BCUT2D eigenvalue weighted by Crippen LogP contribution is -2.26. The third-order valence-corrected chi connectivity index (χ3v) is 6.09. The van der Waals surface area contributed by atoms with E-state index in [0.717, 1.165) is 49.2 Å². The van der Waals surface area contributed by atoms with Crippen LogP contribution >= 0.6 is 0 Å². The van der Waals surface area contributed by atoms with Crippen molar-refractivity contribution in [3.05, 3.63) is 101 Å². The molecule has 3 aromatic rings. The largest absolute Gasteiger partial charge is 0.489 e. The Morgan fingerprint density at radius 2 is 1.63 bits per heavy atom. The number of benzene rings is 3. The van der Waals surface area contributed by atoms with Crippen LogP contribution in [0.25, 0.3) is 0 Å². The molecule has 1 aliphatic rings. The molecule has 3 heteroatoms. The van der Waals surface area contributed by atoms with Crippen LogP contribution in [0.15, 0.2) is 78.9 Å². The van der Waals surface area contributed by atoms with Crippen molar-refractivity contribution in [2.24, 2.45) is 5.92 Å². The van der Waals surface area contributed by atoms with E-state index in [1.54, 1.807) is 0 Å². The number of ether oxygens (including phenoxy) is 1. The van der Waals surface area contributed by atoms with E-state index in [2.05, 4.69) is 66.5 Å². The highest BCUT2D eigenvalue weighted by Gasteiger charge is 2.28. The number of hydrogen-bond acceptors (Lipinski definition) is 3. The number of aliphatic hydroxyl groups is 1. The van der Waals surface area contributed by atoms with E-state index in [0.29, 0.717) is 12.5 Å². The highest BCUT2D eigenvalue weighted by molar-refractivity contribution is 5.39. The van der Waals surface area contributed by atoms with Gasteiger partial charge < -0.3 is 14.7 Å². The molecule has 2 atom stereocenters. The van der Waals surface area contributed by atoms with Crippen molar-refractivity contribution >= 4 is 0 Å². The molecule has 0 saturated carbocycles. The van der Waals surface area contributed by atoms with Gasteiger partial charge in [0.1, 0.15) is 12.4 Å². The van der Waals surface area contributed by atoms with Gasteiger partial charge in [0, 0.05) is 6.54 Å². The Morgan fingerprint density at radius 1 is 0.933 bits per heavy atom. The predicted molar refractivity (Wildman–Crippen MR) is 121 cm³/mol. The third-order valence-electron chi connectivity index (χ3n) is 6.09. The molecule has 0 saturated heterocycles. The van der Waals surface area contributed by atoms with E-state index in [1.165, 1.54) is 11.1 Å². The summed E-state index contributed by atoms with van der Waals surface area (Å²) in [6.45, 7) is 2.51. The van der Waals surface area contributed by atoms with Crippen molar-refractivity contribution in [3.8, 4) is 5.75 Å². The van der Waals surface area contributed by atoms with E-state index < -0.39 is 0 Å². The minimum Gasteiger partial charge on any atom is -0.489 e. The van der Waals surface area contributed by atoms with Gasteiger partial charge >= 0.3 is 0 Å². The first-order chi connectivity index (χ1) is 14.7. The van der Waals surface area contributed by atoms with Crippen LogP contribution in [-0.2, 0) is 19.6 Å². The number of nitrogens with zero attached hydrogens (tertiary/aromatic N) is 1. The molecule has 156 valence electrons. The van der Waals surface area contributed by atoms with Crippen molar-refractivity contribution in [1.82, 2.24) is 4.90 Å². The van der Waals surface area contributed by atoms with Crippen molar-refractivity contribution in [2.45, 2.75) is 38.5 Å². The van der Waals surface area contributed by atoms with Crippen LogP contribution in [0.2, 0.25) is 0 Å². The average Bonchev–Trinajstić information content (AvgIpc) is 2.78. The standard InChI is InChI=1S/C27H31NO2/c1-28(19-21-8-4-2-5-9-21)17-16-23-12-13-24-18-25(14-15-26(24)27(23)29)30-20-22-10-6-3-7-11-22/h2-11,14-15,18,23,27,29H,12-13,16-17,19-20H2,1H3/t23-,27-/m0/s1. The van der Waals surface area contributed by atoms with Crippen LogP contribution in [0, 0.1) is 5.92 Å². The lowest BCUT2D eigenvalue weighted by atomic mass is 9.79. The predicted octanol–water partition coefficient (Wildman–Crippen LogP) is 5.38. The summed E-state index contributed by atoms with van der Waals surface area (Å²) in [7, 11) is 2.16. The van der Waals surface area contributed by atoms with Gasteiger partial charge in [-0.15, -0.1) is 0 Å². The fraction of sp³-hybridized carbons (Fsp3) is 0.333. The number of fused-ring (bicyclic) bond motifs is 1. The Hall–Kier alpha value is -2.62. The van der Waals surface area contributed by atoms with Gasteiger partial charge in [-0.1, -0.05) is 66.7 Å². The van der Waals surface area contributed by atoms with Crippen LogP contribution < -0.4 is 4.74 Å². The number of rotatable bonds is 8. The molecule has 30 heavy (non-hydrogen) atoms. The summed E-state index contributed by atoms with van der Waals surface area (Å²) >= 11 is 0. The molecule has 0 fully saturated rings. The molecule has 4 rings (SSSR count). The summed E-state index contributed by atoms with van der Waals surface area (Å²) < 4.78 is 5.97. The summed E-state index contributed by atoms with van der Waals surface area (Å²) in [6.07, 6.45) is 2.65. The van der Waals surface area contributed by atoms with Gasteiger partial charge in [0.05, 0.1) is 6.10 Å². The zero-order valence-electron chi connectivity index (χ0n) is 17.7. The summed E-state index contributed by atoms with van der Waals surface area (Å²) in [5.74, 6) is 1.19. The number of aryl methyl sites for hydroxylation is 1. The Labute approximate surface area is 179 Å². The lowest BCUT2D eigenvalue weighted by Gasteiger charge is -2.31. The highest BCUT2D eigenvalue weighted by atomic mass is 16.5. The molecule has 0 unspecified atom stereocenters. The fourth-order valence-corrected chi connectivity index (χ4v) is 4.33. The van der Waals surface area contributed by atoms with Gasteiger partial charge in [0.15, 0.2) is 0 Å². The normalized spacial score (nSPS) is 18.2. The molecule has 0 spiro atoms. The molecule has 0 bridgehead atoms. The maximum Gasteiger partial charge on any atom is 0.120 e. The summed E-state index contributed by atoms with van der Waals surface area (Å²) in [6, 6.07) is 26.9. The van der Waals surface area contributed by atoms with Crippen LogP contribution in [0.1, 0.15) is 41.2 Å². The van der Waals surface area contributed by atoms with Crippen LogP contribution in [0.3, 0.4) is 0 Å². The molecule has 0 aromatic heterocycles. The first-order valence-electron chi connectivity index (χ1n) is 10.9. The summed E-state index contributed by atoms with van der Waals surface area (Å²) in [4.78, 5) is 2.35. The van der Waals surface area contributed by atoms with Crippen molar-refractivity contribution in [3.63, 3.8) is 0 Å². The van der Waals surface area contributed by atoms with Crippen LogP contribution in [0.4, 0.5) is 0 Å². The maximum atomic E-state index is 11.0. The van der Waals surface area contributed by atoms with Crippen LogP contribution in [0.5, 0.6) is 5.75 Å². The monoisotopic (exact) mass is 401 g/mol. The number of hydrogen-bond donors (Lipinski definition) is 1. The topological polar surface area (TPSA) is 32.7 Å². The molecule has 1 aliphatic carbocycles. The van der Waals surface area contributed by atoms with E-state index in [1.807, 2.05) is 24.3 Å². The first-order valence-corrected chi connectivity index (χ1v) is 10.9. The third kappa shape index (κ3) is 5.29. The van der Waals surface area contributed by atoms with E-state index >= 15 is 0 Å². The quantitative estimate of drug-likeness (QED) is 0.550. The van der Waals surface area contributed by atoms with Crippen molar-refractivity contribution in [2.75, 3.05) is 13.6 Å². The molecular formula is C27H31NO2. The Bertz CT molecular complexity index is 926. The molecule has 1 N–H and O–H groups in total. The molecule has 3 nitrogen and oxygen atoms in total. The minimum absolute atomic E-state index is 0.312. The van der Waals surface area contributed by atoms with Crippen LogP contribution in [-0.4, -0.2) is 23.6 Å². The molecule has 3 aromatic carbocycles. The highest BCUT2D eigenvalue weighted by Crippen LogP contribution is 2.38. The van der Waals surface area contributed by atoms with Gasteiger partial charge in [0.2, 0.25) is 0 Å². The Morgan fingerprint density at radius 3 is 2.37 bits per heavy atom. The Balaban J connectivity index is 1.31. The second-order valence-corrected chi connectivity index (χ2v) is 8.39. The summed E-state index contributed by atoms with van der Waals surface area (Å²) in [5, 5.41) is 11.0. The Kier molecular flexibility index (Phi) is 6.83.